The molecule has 3 N–H and O–H groups in total. The van der Waals surface area contributed by atoms with E-state index in [4.69, 9.17) is 9.39 Å². The molecule has 4 fully saturated rings. The summed E-state index contributed by atoms with van der Waals surface area (Å²) in [6.45, 7) is 4.88. The van der Waals surface area contributed by atoms with Gasteiger partial charge in [-0.05, 0) is 31.7 Å². The molecular weight excluding hydrogens is 394 g/mol. The number of amides is 3. The van der Waals surface area contributed by atoms with Crippen molar-refractivity contribution in [1.29, 1.82) is 0 Å². The van der Waals surface area contributed by atoms with E-state index in [1.807, 2.05) is 0 Å². The van der Waals surface area contributed by atoms with Crippen LogP contribution in [0.2, 0.25) is 0 Å². The summed E-state index contributed by atoms with van der Waals surface area (Å²) in [4.78, 5) is 33.7. The van der Waals surface area contributed by atoms with Crippen LogP contribution in [0.5, 0.6) is 0 Å². The molecule has 2 unspecified atom stereocenters. The maximum absolute atomic E-state index is 12.4. The summed E-state index contributed by atoms with van der Waals surface area (Å²) in [5.41, 5.74) is 2.40. The highest BCUT2D eigenvalue weighted by molar-refractivity contribution is 7.80. The van der Waals surface area contributed by atoms with E-state index in [0.717, 1.165) is 19.5 Å². The smallest absolute Gasteiger partial charge is 0.311 e. The molecule has 4 heterocycles. The lowest BCUT2D eigenvalue weighted by Gasteiger charge is -2.29. The highest BCUT2D eigenvalue weighted by Gasteiger charge is 2.49. The first-order valence-electron chi connectivity index (χ1n) is 9.44. The minimum absolute atomic E-state index is 0.148. The number of fused-ring (bicyclic) bond motifs is 2. The van der Waals surface area contributed by atoms with Gasteiger partial charge < -0.3 is 15.1 Å². The van der Waals surface area contributed by atoms with Crippen molar-refractivity contribution in [3.8, 4) is 0 Å². The number of carbonyl (C=O) groups excluding carboxylic acids is 2. The molecule has 13 heteroatoms. The van der Waals surface area contributed by atoms with E-state index in [1.165, 1.54) is 18.0 Å². The fourth-order valence-electron chi connectivity index (χ4n) is 4.17. The van der Waals surface area contributed by atoms with Crippen LogP contribution in [0, 0.1) is 5.92 Å². The Balaban J connectivity index is 1.22. The molecule has 4 aliphatic heterocycles. The molecule has 0 aliphatic carbocycles. The highest BCUT2D eigenvalue weighted by atomic mass is 32.3. The molecule has 0 aromatic heterocycles. The zero-order chi connectivity index (χ0) is 19.9. The number of urea groups is 1. The van der Waals surface area contributed by atoms with Crippen LogP contribution in [0.3, 0.4) is 0 Å². The zero-order valence-corrected chi connectivity index (χ0v) is 16.1. The first-order chi connectivity index (χ1) is 13.3. The monoisotopic (exact) mass is 419 g/mol. The summed E-state index contributed by atoms with van der Waals surface area (Å²) in [6.07, 6.45) is 1.71. The lowest BCUT2D eigenvalue weighted by atomic mass is 10.0. The second-order valence-electron chi connectivity index (χ2n) is 7.79. The highest BCUT2D eigenvalue weighted by Crippen LogP contribution is 2.30. The van der Waals surface area contributed by atoms with Gasteiger partial charge in [-0.1, -0.05) is 0 Å². The molecule has 28 heavy (non-hydrogen) atoms. The molecule has 4 atom stereocenters. The van der Waals surface area contributed by atoms with Crippen LogP contribution < -0.4 is 10.8 Å². The van der Waals surface area contributed by atoms with Gasteiger partial charge in [-0.3, -0.25) is 14.2 Å². The molecule has 158 valence electrons. The van der Waals surface area contributed by atoms with Gasteiger partial charge in [-0.25, -0.2) is 10.3 Å². The van der Waals surface area contributed by atoms with Gasteiger partial charge in [-0.15, -0.1) is 4.28 Å². The van der Waals surface area contributed by atoms with E-state index in [-0.39, 0.29) is 12.6 Å². The molecule has 0 aromatic rings. The minimum Gasteiger partial charge on any atom is -0.311 e. The molecule has 4 aliphatic rings. The third-order valence-electron chi connectivity index (χ3n) is 5.63. The maximum Gasteiger partial charge on any atom is 0.418 e. The number of hydrogen-bond acceptors (Lipinski definition) is 8. The van der Waals surface area contributed by atoms with E-state index >= 15 is 0 Å². The molecule has 3 amide bonds. The van der Waals surface area contributed by atoms with Crippen molar-refractivity contribution in [2.45, 2.75) is 37.4 Å². The van der Waals surface area contributed by atoms with Crippen LogP contribution in [0.1, 0.15) is 19.3 Å². The Kier molecular flexibility index (Phi) is 5.46. The molecule has 0 radical (unpaired) electrons. The van der Waals surface area contributed by atoms with Crippen molar-refractivity contribution < 1.29 is 31.7 Å². The predicted molar refractivity (Wildman–Crippen MR) is 93.8 cm³/mol. The fraction of sp³-hybridized carbons (Fsp3) is 0.867. The zero-order valence-electron chi connectivity index (χ0n) is 15.3. The van der Waals surface area contributed by atoms with Crippen molar-refractivity contribution in [2.24, 2.45) is 5.92 Å². The summed E-state index contributed by atoms with van der Waals surface area (Å²) in [6, 6.07) is -1.89. The molecule has 12 nitrogen and oxygen atoms in total. The van der Waals surface area contributed by atoms with Crippen molar-refractivity contribution in [2.75, 3.05) is 39.3 Å². The van der Waals surface area contributed by atoms with Crippen molar-refractivity contribution in [1.82, 2.24) is 25.7 Å². The molecule has 4 saturated heterocycles. The molecule has 0 aromatic carbocycles. The van der Waals surface area contributed by atoms with Crippen molar-refractivity contribution in [3.05, 3.63) is 0 Å². The summed E-state index contributed by atoms with van der Waals surface area (Å²) in [5.74, 6) is 0.136. The van der Waals surface area contributed by atoms with E-state index in [0.29, 0.717) is 30.4 Å². The molecule has 4 rings (SSSR count). The summed E-state index contributed by atoms with van der Waals surface area (Å²) >= 11 is 0. The van der Waals surface area contributed by atoms with Crippen LogP contribution >= 0.6 is 0 Å². The maximum atomic E-state index is 12.4. The second-order valence-corrected chi connectivity index (χ2v) is 8.80. The third kappa shape index (κ3) is 4.55. The first-order valence-corrected chi connectivity index (χ1v) is 10.8. The Morgan fingerprint density at radius 2 is 2.11 bits per heavy atom. The minimum atomic E-state index is -4.81. The van der Waals surface area contributed by atoms with Crippen LogP contribution in [-0.2, 0) is 24.3 Å². The Bertz CT molecular complexity index is 730. The Hall–Kier alpha value is -1.51. The Morgan fingerprint density at radius 1 is 1.32 bits per heavy atom. The van der Waals surface area contributed by atoms with Gasteiger partial charge in [0.1, 0.15) is 6.04 Å². The number of nitrogens with zero attached hydrogens (tertiary/aromatic N) is 3. The average molecular weight is 419 g/mol. The number of hydrogen-bond donors (Lipinski definition) is 3. The third-order valence-corrected chi connectivity index (χ3v) is 5.98. The Morgan fingerprint density at radius 3 is 2.82 bits per heavy atom. The lowest BCUT2D eigenvalue weighted by molar-refractivity contribution is -0.139. The van der Waals surface area contributed by atoms with Crippen LogP contribution in [-0.4, -0.2) is 97.2 Å². The number of nitrogens with one attached hydrogen (secondary N) is 2. The normalized spacial score (nSPS) is 32.8. The molecule has 0 spiro atoms. The van der Waals surface area contributed by atoms with Crippen LogP contribution in [0.25, 0.3) is 0 Å². The van der Waals surface area contributed by atoms with Gasteiger partial charge in [0.2, 0.25) is 0 Å². The largest absolute Gasteiger partial charge is 0.418 e. The van der Waals surface area contributed by atoms with E-state index in [2.05, 4.69) is 20.0 Å². The van der Waals surface area contributed by atoms with Crippen LogP contribution in [0.4, 0.5) is 4.79 Å². The Labute approximate surface area is 163 Å². The summed E-state index contributed by atoms with van der Waals surface area (Å²) in [7, 11) is -4.81. The topological polar surface area (TPSA) is 141 Å². The van der Waals surface area contributed by atoms with Gasteiger partial charge in [0.25, 0.3) is 5.91 Å². The van der Waals surface area contributed by atoms with E-state index in [1.54, 1.807) is 0 Å². The molecule has 0 saturated carbocycles. The predicted octanol–water partition coefficient (Wildman–Crippen LogP) is -1.67. The standard InChI is InChI=1S/C15H25N5O7S/c21-14(17-26-9-11-5-10(6-16-11)7-18-3-4-18)13-2-1-12-8-19(13)15(22)20(12)27-28(23,24)25/h10-13,16H,1-9H2,(H,17,21)(H,23,24,25)/t10-,11+,12?,13?/m1/s1. The number of hydroxylamine groups is 3. The SMILES string of the molecule is O=C(NOC[C@@H]1C[C@@H](CN2CC2)CN1)C1CCC2CN1C(=O)N2OS(=O)(=O)O. The number of carbonyl (C=O) groups is 2. The summed E-state index contributed by atoms with van der Waals surface area (Å²) < 4.78 is 35.0. The quantitative estimate of drug-likeness (QED) is 0.239. The number of piperidine rings is 1. The molecule has 2 bridgehead atoms. The van der Waals surface area contributed by atoms with E-state index < -0.39 is 34.4 Å². The first kappa shape index (κ1) is 19.8. The fourth-order valence-corrected chi connectivity index (χ4v) is 4.56. The van der Waals surface area contributed by atoms with Gasteiger partial charge in [0, 0.05) is 32.2 Å². The van der Waals surface area contributed by atoms with Gasteiger partial charge in [-0.2, -0.15) is 13.5 Å². The average Bonchev–Trinajstić information content (AvgIpc) is 3.29. The lowest BCUT2D eigenvalue weighted by Crippen LogP contribution is -2.50. The van der Waals surface area contributed by atoms with Crippen molar-refractivity contribution >= 4 is 22.3 Å². The molecular formula is C15H25N5O7S. The number of rotatable bonds is 8. The second kappa shape index (κ2) is 7.72. The summed E-state index contributed by atoms with van der Waals surface area (Å²) in [5, 5.41) is 4.00. The van der Waals surface area contributed by atoms with Gasteiger partial charge in [0.05, 0.1) is 12.6 Å². The van der Waals surface area contributed by atoms with Gasteiger partial charge in [0.15, 0.2) is 0 Å². The van der Waals surface area contributed by atoms with Gasteiger partial charge >= 0.3 is 16.4 Å². The van der Waals surface area contributed by atoms with Crippen molar-refractivity contribution in [3.63, 3.8) is 0 Å². The van der Waals surface area contributed by atoms with Crippen LogP contribution in [0.15, 0.2) is 0 Å². The van der Waals surface area contributed by atoms with E-state index in [9.17, 15) is 18.0 Å².